The third kappa shape index (κ3) is 2.50. The van der Waals surface area contributed by atoms with Crippen LogP contribution in [0.2, 0.25) is 0 Å². The van der Waals surface area contributed by atoms with Crippen molar-refractivity contribution < 1.29 is 4.39 Å². The molecular formula is C12H15FN4. The van der Waals surface area contributed by atoms with Gasteiger partial charge in [0, 0.05) is 0 Å². The van der Waals surface area contributed by atoms with Crippen LogP contribution in [-0.4, -0.2) is 15.0 Å². The Balaban J connectivity index is 2.36. The molecule has 0 saturated heterocycles. The summed E-state index contributed by atoms with van der Waals surface area (Å²) in [5, 5.41) is 7.95. The van der Waals surface area contributed by atoms with Crippen molar-refractivity contribution in [1.82, 2.24) is 15.0 Å². The van der Waals surface area contributed by atoms with Crippen molar-refractivity contribution in [1.29, 1.82) is 0 Å². The van der Waals surface area contributed by atoms with Crippen LogP contribution in [0.3, 0.4) is 0 Å². The van der Waals surface area contributed by atoms with Crippen LogP contribution in [-0.2, 0) is 0 Å². The van der Waals surface area contributed by atoms with Gasteiger partial charge in [-0.15, -0.1) is 5.10 Å². The van der Waals surface area contributed by atoms with Crippen molar-refractivity contribution >= 4 is 0 Å². The van der Waals surface area contributed by atoms with E-state index in [1.165, 1.54) is 12.1 Å². The second-order valence-electron chi connectivity index (χ2n) is 4.09. The van der Waals surface area contributed by atoms with Crippen molar-refractivity contribution in [3.8, 4) is 5.69 Å². The Morgan fingerprint density at radius 3 is 2.82 bits per heavy atom. The average Bonchev–Trinajstić information content (AvgIpc) is 2.76. The fourth-order valence-corrected chi connectivity index (χ4v) is 1.63. The second kappa shape index (κ2) is 4.63. The number of nitrogens with two attached hydrogens (primary N) is 1. The molecule has 0 aliphatic rings. The Bertz CT molecular complexity index is 501. The summed E-state index contributed by atoms with van der Waals surface area (Å²) in [4.78, 5) is 0. The van der Waals surface area contributed by atoms with Gasteiger partial charge in [0.25, 0.3) is 0 Å². The van der Waals surface area contributed by atoms with Gasteiger partial charge < -0.3 is 5.73 Å². The summed E-state index contributed by atoms with van der Waals surface area (Å²) in [6.07, 6.45) is 2.53. The normalized spacial score (nSPS) is 12.7. The molecule has 90 valence electrons. The molecule has 4 nitrogen and oxygen atoms in total. The first kappa shape index (κ1) is 11.7. The maximum atomic E-state index is 13.3. The number of rotatable bonds is 3. The van der Waals surface area contributed by atoms with E-state index in [0.717, 1.165) is 17.7 Å². The lowest BCUT2D eigenvalue weighted by Crippen LogP contribution is -2.08. The van der Waals surface area contributed by atoms with Crippen LogP contribution in [0.5, 0.6) is 0 Å². The fourth-order valence-electron chi connectivity index (χ4n) is 1.63. The fraction of sp³-hybridized carbons (Fsp3) is 0.333. The van der Waals surface area contributed by atoms with Gasteiger partial charge in [-0.05, 0) is 37.1 Å². The van der Waals surface area contributed by atoms with Crippen LogP contribution in [0.4, 0.5) is 4.39 Å². The first-order valence-electron chi connectivity index (χ1n) is 5.55. The molecule has 0 fully saturated rings. The molecule has 2 rings (SSSR count). The van der Waals surface area contributed by atoms with Crippen LogP contribution >= 0.6 is 0 Å². The largest absolute Gasteiger partial charge is 0.323 e. The highest BCUT2D eigenvalue weighted by Gasteiger charge is 2.09. The molecule has 0 saturated carbocycles. The minimum absolute atomic E-state index is 0.126. The van der Waals surface area contributed by atoms with Crippen LogP contribution in [0, 0.1) is 12.7 Å². The number of benzene rings is 1. The van der Waals surface area contributed by atoms with Gasteiger partial charge >= 0.3 is 0 Å². The van der Waals surface area contributed by atoms with Crippen molar-refractivity contribution in [2.75, 3.05) is 0 Å². The number of hydrogen-bond acceptors (Lipinski definition) is 3. The van der Waals surface area contributed by atoms with Gasteiger partial charge in [-0.2, -0.15) is 0 Å². The molecule has 0 amide bonds. The Hall–Kier alpha value is -1.75. The van der Waals surface area contributed by atoms with E-state index in [1.54, 1.807) is 10.9 Å². The molecule has 1 aromatic heterocycles. The van der Waals surface area contributed by atoms with Crippen molar-refractivity contribution in [2.45, 2.75) is 26.3 Å². The predicted molar refractivity (Wildman–Crippen MR) is 63.3 cm³/mol. The lowest BCUT2D eigenvalue weighted by atomic mass is 10.2. The molecular weight excluding hydrogens is 219 g/mol. The highest BCUT2D eigenvalue weighted by molar-refractivity contribution is 5.35. The van der Waals surface area contributed by atoms with E-state index in [0.29, 0.717) is 5.69 Å². The molecule has 0 radical (unpaired) electrons. The molecule has 2 aromatic rings. The first-order valence-corrected chi connectivity index (χ1v) is 5.55. The van der Waals surface area contributed by atoms with E-state index in [2.05, 4.69) is 10.3 Å². The van der Waals surface area contributed by atoms with E-state index in [1.807, 2.05) is 19.9 Å². The topological polar surface area (TPSA) is 56.7 Å². The maximum absolute atomic E-state index is 13.3. The zero-order valence-electron chi connectivity index (χ0n) is 9.89. The Morgan fingerprint density at radius 2 is 2.18 bits per heavy atom. The molecule has 1 aromatic carbocycles. The number of aromatic nitrogens is 3. The van der Waals surface area contributed by atoms with Crippen LogP contribution < -0.4 is 5.73 Å². The van der Waals surface area contributed by atoms with Crippen LogP contribution in [0.25, 0.3) is 5.69 Å². The van der Waals surface area contributed by atoms with Gasteiger partial charge in [0.15, 0.2) is 0 Å². The van der Waals surface area contributed by atoms with Gasteiger partial charge in [-0.3, -0.25) is 0 Å². The van der Waals surface area contributed by atoms with Crippen LogP contribution in [0.15, 0.2) is 24.4 Å². The second-order valence-corrected chi connectivity index (χ2v) is 4.09. The van der Waals surface area contributed by atoms with Crippen LogP contribution in [0.1, 0.15) is 30.6 Å². The monoisotopic (exact) mass is 234 g/mol. The molecule has 1 atom stereocenters. The third-order valence-corrected chi connectivity index (χ3v) is 2.62. The lowest BCUT2D eigenvalue weighted by Gasteiger charge is -2.03. The molecule has 0 spiro atoms. The smallest absolute Gasteiger partial charge is 0.125 e. The van der Waals surface area contributed by atoms with Gasteiger partial charge in [0.2, 0.25) is 0 Å². The summed E-state index contributed by atoms with van der Waals surface area (Å²) >= 11 is 0. The molecule has 17 heavy (non-hydrogen) atoms. The molecule has 0 bridgehead atoms. The highest BCUT2D eigenvalue weighted by Crippen LogP contribution is 2.15. The first-order chi connectivity index (χ1) is 8.10. The van der Waals surface area contributed by atoms with Crippen molar-refractivity contribution in [3.05, 3.63) is 41.5 Å². The number of aryl methyl sites for hydroxylation is 1. The van der Waals surface area contributed by atoms with Gasteiger partial charge in [0.1, 0.15) is 5.82 Å². The van der Waals surface area contributed by atoms with Gasteiger partial charge in [-0.25, -0.2) is 9.07 Å². The van der Waals surface area contributed by atoms with Gasteiger partial charge in [-0.1, -0.05) is 12.1 Å². The molecule has 0 aliphatic carbocycles. The Morgan fingerprint density at radius 1 is 1.41 bits per heavy atom. The standard InChI is InChI=1S/C12H15FN4/c1-3-11(14)12-7-17(16-15-12)10-5-8(2)4-9(13)6-10/h4-7,11H,3,14H2,1-2H3. The minimum atomic E-state index is -0.281. The quantitative estimate of drug-likeness (QED) is 0.885. The summed E-state index contributed by atoms with van der Waals surface area (Å²) in [5.74, 6) is -0.281. The minimum Gasteiger partial charge on any atom is -0.323 e. The van der Waals surface area contributed by atoms with E-state index in [4.69, 9.17) is 5.73 Å². The average molecular weight is 234 g/mol. The van der Waals surface area contributed by atoms with E-state index >= 15 is 0 Å². The molecule has 1 heterocycles. The molecule has 5 heteroatoms. The lowest BCUT2D eigenvalue weighted by molar-refractivity contribution is 0.623. The Labute approximate surface area is 99.2 Å². The SMILES string of the molecule is CCC(N)c1cn(-c2cc(C)cc(F)c2)nn1. The van der Waals surface area contributed by atoms with Gasteiger partial charge in [0.05, 0.1) is 23.6 Å². The summed E-state index contributed by atoms with van der Waals surface area (Å²) in [6, 6.07) is 4.61. The summed E-state index contributed by atoms with van der Waals surface area (Å²) in [6.45, 7) is 3.82. The zero-order chi connectivity index (χ0) is 12.4. The predicted octanol–water partition coefficient (Wildman–Crippen LogP) is 2.12. The zero-order valence-corrected chi connectivity index (χ0v) is 9.89. The highest BCUT2D eigenvalue weighted by atomic mass is 19.1. The number of halogens is 1. The Kier molecular flexibility index (Phi) is 3.19. The van der Waals surface area contributed by atoms with Crippen molar-refractivity contribution in [2.24, 2.45) is 5.73 Å². The van der Waals surface area contributed by atoms with E-state index in [-0.39, 0.29) is 11.9 Å². The van der Waals surface area contributed by atoms with Crippen molar-refractivity contribution in [3.63, 3.8) is 0 Å². The molecule has 1 unspecified atom stereocenters. The number of nitrogens with zero attached hydrogens (tertiary/aromatic N) is 3. The summed E-state index contributed by atoms with van der Waals surface area (Å²) in [7, 11) is 0. The van der Waals surface area contributed by atoms with E-state index in [9.17, 15) is 4.39 Å². The summed E-state index contributed by atoms with van der Waals surface area (Å²) in [5.41, 5.74) is 8.07. The number of hydrogen-bond donors (Lipinski definition) is 1. The summed E-state index contributed by atoms with van der Waals surface area (Å²) < 4.78 is 14.8. The molecule has 2 N–H and O–H groups in total. The maximum Gasteiger partial charge on any atom is 0.125 e. The third-order valence-electron chi connectivity index (χ3n) is 2.62. The molecule has 0 aliphatic heterocycles. The van der Waals surface area contributed by atoms with E-state index < -0.39 is 0 Å².